The zero-order chi connectivity index (χ0) is 19.7. The summed E-state index contributed by atoms with van der Waals surface area (Å²) in [5, 5.41) is 0. The van der Waals surface area contributed by atoms with Crippen LogP contribution in [0.4, 0.5) is 17.7 Å². The molecule has 0 aromatic heterocycles. The van der Waals surface area contributed by atoms with E-state index in [1.807, 2.05) is 25.7 Å². The van der Waals surface area contributed by atoms with Gasteiger partial charge in [0.25, 0.3) is 0 Å². The second kappa shape index (κ2) is 9.86. The van der Waals surface area contributed by atoms with Gasteiger partial charge in [-0.15, -0.1) is 18.1 Å². The number of benzene rings is 1. The molecule has 146 valence electrons. The van der Waals surface area contributed by atoms with Crippen LogP contribution in [0.25, 0.3) is 0 Å². The first-order chi connectivity index (χ1) is 11.9. The van der Waals surface area contributed by atoms with Crippen LogP contribution in [-0.4, -0.2) is 54.7 Å². The number of amides is 1. The number of rotatable bonds is 3. The van der Waals surface area contributed by atoms with Gasteiger partial charge in [0.2, 0.25) is 0 Å². The molecule has 1 aromatic carbocycles. The third kappa shape index (κ3) is 7.56. The van der Waals surface area contributed by atoms with E-state index in [1.54, 1.807) is 11.8 Å². The molecule has 0 spiro atoms. The third-order valence-corrected chi connectivity index (χ3v) is 4.77. The molecule has 4 nitrogen and oxygen atoms in total. The van der Waals surface area contributed by atoms with Gasteiger partial charge in [0.1, 0.15) is 5.60 Å². The maximum absolute atomic E-state index is 13.1. The van der Waals surface area contributed by atoms with Crippen LogP contribution >= 0.6 is 12.6 Å². The fourth-order valence-corrected chi connectivity index (χ4v) is 3.08. The molecule has 0 unspecified atom stereocenters. The predicted molar refractivity (Wildman–Crippen MR) is 100 cm³/mol. The second-order valence-corrected chi connectivity index (χ2v) is 8.12. The molecule has 0 N–H and O–H groups in total. The van der Waals surface area contributed by atoms with E-state index in [1.165, 1.54) is 6.07 Å². The molecule has 1 amide bonds. The number of piperazine rings is 1. The largest absolute Gasteiger partial charge is 1.00 e. The fourth-order valence-electron chi connectivity index (χ4n) is 2.79. The summed E-state index contributed by atoms with van der Waals surface area (Å²) in [7, 11) is 0. The average Bonchev–Trinajstić information content (AvgIpc) is 2.49. The first-order valence-electron chi connectivity index (χ1n) is 8.59. The SMILES string of the molecule is Cc1c(S)cc([B-](F)(F)F)cc1CN1CCN(C(=O)OC(C)(C)C)CC1.[K+]. The van der Waals surface area contributed by atoms with Gasteiger partial charge in [-0.1, -0.05) is 12.1 Å². The first-order valence-corrected chi connectivity index (χ1v) is 9.04. The first kappa shape index (κ1) is 25.3. The van der Waals surface area contributed by atoms with E-state index < -0.39 is 18.0 Å². The van der Waals surface area contributed by atoms with Crippen LogP contribution < -0.4 is 56.8 Å². The van der Waals surface area contributed by atoms with E-state index in [9.17, 15) is 17.7 Å². The van der Waals surface area contributed by atoms with E-state index in [-0.39, 0.29) is 57.5 Å². The van der Waals surface area contributed by atoms with E-state index in [4.69, 9.17) is 4.74 Å². The van der Waals surface area contributed by atoms with Gasteiger partial charge in [0, 0.05) is 37.6 Å². The summed E-state index contributed by atoms with van der Waals surface area (Å²) < 4.78 is 44.6. The van der Waals surface area contributed by atoms with Crippen molar-refractivity contribution in [3.05, 3.63) is 23.3 Å². The standard InChI is InChI=1S/C17H25BF3N2O2S.K/c1-12-13(9-14(10-15(12)26)18(19,20)21)11-22-5-7-23(8-6-22)16(24)25-17(2,3)4;/h9-10,26H,5-8,11H2,1-4H3;/q-1;+1. The summed E-state index contributed by atoms with van der Waals surface area (Å²) in [4.78, 5) is 16.1. The Labute approximate surface area is 207 Å². The Balaban J connectivity index is 0.00000364. The Bertz CT molecular complexity index is 675. The van der Waals surface area contributed by atoms with Gasteiger partial charge in [-0.3, -0.25) is 4.90 Å². The quantitative estimate of drug-likeness (QED) is 0.559. The number of carbonyl (C=O) groups excluding carboxylic acids is 1. The Hall–Kier alpha value is 0.291. The number of thiol groups is 1. The Morgan fingerprint density at radius 2 is 1.74 bits per heavy atom. The average molecular weight is 428 g/mol. The van der Waals surface area contributed by atoms with Crippen molar-refractivity contribution >= 4 is 31.2 Å². The van der Waals surface area contributed by atoms with Crippen LogP contribution in [0.15, 0.2) is 17.0 Å². The third-order valence-electron chi connectivity index (χ3n) is 4.31. The van der Waals surface area contributed by atoms with Crippen LogP contribution in [0, 0.1) is 6.92 Å². The molecular formula is C17H25BF3KN2O2S. The minimum Gasteiger partial charge on any atom is -0.445 e. The summed E-state index contributed by atoms with van der Waals surface area (Å²) in [6.45, 7) is 4.72. The van der Waals surface area contributed by atoms with Crippen molar-refractivity contribution in [1.29, 1.82) is 0 Å². The van der Waals surface area contributed by atoms with Gasteiger partial charge in [0.15, 0.2) is 0 Å². The summed E-state index contributed by atoms with van der Waals surface area (Å²) in [5.41, 5.74) is 0.209. The Morgan fingerprint density at radius 3 is 2.22 bits per heavy atom. The van der Waals surface area contributed by atoms with Crippen LogP contribution in [0.5, 0.6) is 0 Å². The van der Waals surface area contributed by atoms with Crippen LogP contribution in [0.2, 0.25) is 0 Å². The van der Waals surface area contributed by atoms with Gasteiger partial charge in [-0.05, 0) is 38.8 Å². The molecule has 1 heterocycles. The van der Waals surface area contributed by atoms with Gasteiger partial charge in [0.05, 0.1) is 0 Å². The van der Waals surface area contributed by atoms with Crippen molar-refractivity contribution in [3.63, 3.8) is 0 Å². The maximum Gasteiger partial charge on any atom is 1.00 e. The molecule has 1 saturated heterocycles. The molecule has 10 heteroatoms. The molecular weight excluding hydrogens is 403 g/mol. The molecule has 0 saturated carbocycles. The molecule has 0 atom stereocenters. The number of hydrogen-bond acceptors (Lipinski definition) is 4. The summed E-state index contributed by atoms with van der Waals surface area (Å²) >= 11 is 4.19. The van der Waals surface area contributed by atoms with Gasteiger partial charge >= 0.3 is 64.5 Å². The fraction of sp³-hybridized carbons (Fsp3) is 0.588. The maximum atomic E-state index is 13.1. The molecule has 1 aliphatic rings. The van der Waals surface area contributed by atoms with Crippen molar-refractivity contribution in [1.82, 2.24) is 9.80 Å². The van der Waals surface area contributed by atoms with Crippen LogP contribution in [0.3, 0.4) is 0 Å². The molecule has 1 fully saturated rings. The summed E-state index contributed by atoms with van der Waals surface area (Å²) in [6, 6.07) is 2.30. The van der Waals surface area contributed by atoms with Crippen molar-refractivity contribution in [2.45, 2.75) is 44.7 Å². The second-order valence-electron chi connectivity index (χ2n) is 7.64. The molecule has 0 bridgehead atoms. The zero-order valence-electron chi connectivity index (χ0n) is 16.6. The number of hydrogen-bond donors (Lipinski definition) is 1. The number of ether oxygens (including phenoxy) is 1. The number of halogens is 3. The van der Waals surface area contributed by atoms with E-state index >= 15 is 0 Å². The van der Waals surface area contributed by atoms with Crippen molar-refractivity contribution in [2.75, 3.05) is 26.2 Å². The molecule has 0 radical (unpaired) electrons. The smallest absolute Gasteiger partial charge is 0.445 e. The number of carbonyl (C=O) groups is 1. The van der Waals surface area contributed by atoms with Crippen molar-refractivity contribution in [2.24, 2.45) is 0 Å². The van der Waals surface area contributed by atoms with E-state index in [0.717, 1.165) is 11.6 Å². The van der Waals surface area contributed by atoms with E-state index in [2.05, 4.69) is 12.6 Å². The van der Waals surface area contributed by atoms with Gasteiger partial charge in [-0.25, -0.2) is 4.79 Å². The minimum atomic E-state index is -5.06. The molecule has 1 aromatic rings. The zero-order valence-corrected chi connectivity index (χ0v) is 20.6. The molecule has 0 aliphatic carbocycles. The van der Waals surface area contributed by atoms with Crippen LogP contribution in [0.1, 0.15) is 31.9 Å². The van der Waals surface area contributed by atoms with Crippen molar-refractivity contribution < 1.29 is 73.9 Å². The van der Waals surface area contributed by atoms with Crippen LogP contribution in [-0.2, 0) is 11.3 Å². The Morgan fingerprint density at radius 1 is 1.19 bits per heavy atom. The molecule has 27 heavy (non-hydrogen) atoms. The normalized spacial score (nSPS) is 16.1. The molecule has 2 rings (SSSR count). The minimum absolute atomic E-state index is 0. The monoisotopic (exact) mass is 428 g/mol. The molecule has 1 aliphatic heterocycles. The van der Waals surface area contributed by atoms with Gasteiger partial charge < -0.3 is 22.6 Å². The van der Waals surface area contributed by atoms with Crippen molar-refractivity contribution in [3.8, 4) is 0 Å². The summed E-state index contributed by atoms with van der Waals surface area (Å²) in [6.07, 6.45) is -0.354. The summed E-state index contributed by atoms with van der Waals surface area (Å²) in [5.74, 6) is 0. The Kier molecular flexibility index (Phi) is 9.25. The predicted octanol–water partition coefficient (Wildman–Crippen LogP) is 0.395. The van der Waals surface area contributed by atoms with Gasteiger partial charge in [-0.2, -0.15) is 0 Å². The van der Waals surface area contributed by atoms with E-state index in [0.29, 0.717) is 43.2 Å². The topological polar surface area (TPSA) is 32.8 Å². The number of nitrogens with zero attached hydrogens (tertiary/aromatic N) is 2.